The zero-order valence-electron chi connectivity index (χ0n) is 13.9. The highest BCUT2D eigenvalue weighted by Gasteiger charge is 2.20. The second kappa shape index (κ2) is 5.22. The van der Waals surface area contributed by atoms with Gasteiger partial charge in [-0.2, -0.15) is 0 Å². The molecule has 0 atom stereocenters. The highest BCUT2D eigenvalue weighted by Crippen LogP contribution is 2.24. The molecule has 6 heteroatoms. The molecule has 23 heavy (non-hydrogen) atoms. The fourth-order valence-electron chi connectivity index (χ4n) is 2.44. The van der Waals surface area contributed by atoms with Crippen LogP contribution in [0.4, 0.5) is 5.69 Å². The summed E-state index contributed by atoms with van der Waals surface area (Å²) < 4.78 is 5.04. The Labute approximate surface area is 134 Å². The van der Waals surface area contributed by atoms with E-state index in [4.69, 9.17) is 4.52 Å². The van der Waals surface area contributed by atoms with Gasteiger partial charge in [0.05, 0.1) is 16.7 Å². The molecule has 0 spiro atoms. The van der Waals surface area contributed by atoms with Crippen molar-refractivity contribution in [1.82, 2.24) is 15.1 Å². The van der Waals surface area contributed by atoms with Crippen LogP contribution in [0.25, 0.3) is 11.0 Å². The number of fused-ring (bicyclic) bond motifs is 1. The average molecular weight is 312 g/mol. The molecule has 0 radical (unpaired) electrons. The summed E-state index contributed by atoms with van der Waals surface area (Å²) in [5.41, 5.74) is 3.48. The van der Waals surface area contributed by atoms with Gasteiger partial charge in [-0.25, -0.2) is 4.98 Å². The topological polar surface area (TPSA) is 83.8 Å². The number of imidazole rings is 1. The lowest BCUT2D eigenvalue weighted by molar-refractivity contribution is 0.102. The van der Waals surface area contributed by atoms with Gasteiger partial charge in [0.25, 0.3) is 5.91 Å². The van der Waals surface area contributed by atoms with Crippen LogP contribution in [0.3, 0.4) is 0 Å². The maximum absolute atomic E-state index is 12.4. The molecular weight excluding hydrogens is 292 g/mol. The monoisotopic (exact) mass is 312 g/mol. The van der Waals surface area contributed by atoms with E-state index >= 15 is 0 Å². The first-order chi connectivity index (χ1) is 10.8. The predicted octanol–water partition coefficient (Wildman–Crippen LogP) is 3.72. The molecule has 0 fully saturated rings. The summed E-state index contributed by atoms with van der Waals surface area (Å²) >= 11 is 0. The fraction of sp³-hybridized carbons (Fsp3) is 0.353. The van der Waals surface area contributed by atoms with Crippen LogP contribution in [0, 0.1) is 13.8 Å². The van der Waals surface area contributed by atoms with Crippen molar-refractivity contribution in [1.29, 1.82) is 0 Å². The van der Waals surface area contributed by atoms with Crippen molar-refractivity contribution in [2.24, 2.45) is 0 Å². The standard InChI is InChI=1S/C17H20N4O2/c1-9-14(10(2)23-21-9)15(22)18-11-6-7-12-13(8-11)20-16(19-12)17(3,4)5/h6-8H,1-5H3,(H,18,22)(H,19,20). The van der Waals surface area contributed by atoms with Gasteiger partial charge < -0.3 is 14.8 Å². The molecule has 0 unspecified atom stereocenters. The molecule has 120 valence electrons. The normalized spacial score (nSPS) is 11.9. The van der Waals surface area contributed by atoms with Gasteiger partial charge in [-0.15, -0.1) is 0 Å². The third-order valence-electron chi connectivity index (χ3n) is 3.71. The van der Waals surface area contributed by atoms with Gasteiger partial charge in [-0.3, -0.25) is 4.79 Å². The van der Waals surface area contributed by atoms with Gasteiger partial charge in [0.15, 0.2) is 0 Å². The van der Waals surface area contributed by atoms with E-state index in [2.05, 4.69) is 41.2 Å². The van der Waals surface area contributed by atoms with Crippen LogP contribution >= 0.6 is 0 Å². The number of aromatic nitrogens is 3. The van der Waals surface area contributed by atoms with Gasteiger partial charge in [0.1, 0.15) is 17.1 Å². The third kappa shape index (κ3) is 2.84. The lowest BCUT2D eigenvalue weighted by atomic mass is 9.96. The van der Waals surface area contributed by atoms with Crippen molar-refractivity contribution in [3.8, 4) is 0 Å². The number of anilines is 1. The molecule has 2 N–H and O–H groups in total. The Morgan fingerprint density at radius 2 is 2.00 bits per heavy atom. The molecule has 0 saturated heterocycles. The van der Waals surface area contributed by atoms with Gasteiger partial charge in [-0.05, 0) is 32.0 Å². The first-order valence-corrected chi connectivity index (χ1v) is 7.50. The van der Waals surface area contributed by atoms with Crippen molar-refractivity contribution in [2.45, 2.75) is 40.0 Å². The number of hydrogen-bond donors (Lipinski definition) is 2. The molecule has 0 saturated carbocycles. The Hall–Kier alpha value is -2.63. The molecule has 1 aromatic carbocycles. The molecule has 1 amide bonds. The minimum atomic E-state index is -0.226. The van der Waals surface area contributed by atoms with Crippen molar-refractivity contribution in [3.63, 3.8) is 0 Å². The molecule has 0 aliphatic rings. The molecule has 0 aliphatic heterocycles. The maximum Gasteiger partial charge on any atom is 0.261 e. The highest BCUT2D eigenvalue weighted by molar-refractivity contribution is 6.06. The molecule has 3 rings (SSSR count). The molecule has 6 nitrogen and oxygen atoms in total. The van der Waals surface area contributed by atoms with E-state index in [9.17, 15) is 4.79 Å². The molecule has 2 aromatic heterocycles. The van der Waals surface area contributed by atoms with E-state index < -0.39 is 0 Å². The number of hydrogen-bond acceptors (Lipinski definition) is 4. The number of rotatable bonds is 2. The molecule has 3 aromatic rings. The lowest BCUT2D eigenvalue weighted by Crippen LogP contribution is -2.13. The van der Waals surface area contributed by atoms with Crippen LogP contribution in [-0.4, -0.2) is 21.0 Å². The number of amides is 1. The van der Waals surface area contributed by atoms with Crippen LogP contribution < -0.4 is 5.32 Å². The zero-order valence-corrected chi connectivity index (χ0v) is 13.9. The Morgan fingerprint density at radius 1 is 1.26 bits per heavy atom. The van der Waals surface area contributed by atoms with Crippen molar-refractivity contribution in [2.75, 3.05) is 5.32 Å². The molecule has 0 aliphatic carbocycles. The van der Waals surface area contributed by atoms with Gasteiger partial charge in [-0.1, -0.05) is 25.9 Å². The van der Waals surface area contributed by atoms with E-state index in [1.807, 2.05) is 18.2 Å². The zero-order chi connectivity index (χ0) is 16.8. The number of aromatic amines is 1. The Bertz CT molecular complexity index is 864. The van der Waals surface area contributed by atoms with Gasteiger partial charge in [0.2, 0.25) is 0 Å². The number of H-pyrrole nitrogens is 1. The smallest absolute Gasteiger partial charge is 0.261 e. The quantitative estimate of drug-likeness (QED) is 0.755. The second-order valence-corrected chi connectivity index (χ2v) is 6.72. The van der Waals surface area contributed by atoms with Crippen LogP contribution in [0.5, 0.6) is 0 Å². The summed E-state index contributed by atoms with van der Waals surface area (Å²) in [7, 11) is 0. The first-order valence-electron chi connectivity index (χ1n) is 7.50. The van der Waals surface area contributed by atoms with Crippen LogP contribution in [0.2, 0.25) is 0 Å². The van der Waals surface area contributed by atoms with E-state index in [0.29, 0.717) is 22.7 Å². The molecular formula is C17H20N4O2. The van der Waals surface area contributed by atoms with E-state index in [-0.39, 0.29) is 11.3 Å². The predicted molar refractivity (Wildman–Crippen MR) is 88.7 cm³/mol. The van der Waals surface area contributed by atoms with E-state index in [0.717, 1.165) is 16.9 Å². The third-order valence-corrected chi connectivity index (χ3v) is 3.71. The largest absolute Gasteiger partial charge is 0.361 e. The Morgan fingerprint density at radius 3 is 2.61 bits per heavy atom. The Balaban J connectivity index is 1.90. The SMILES string of the molecule is Cc1noc(C)c1C(=O)Nc1ccc2nc(C(C)(C)C)[nH]c2c1. The van der Waals surface area contributed by atoms with Gasteiger partial charge in [0, 0.05) is 11.1 Å². The first kappa shape index (κ1) is 15.3. The summed E-state index contributed by atoms with van der Waals surface area (Å²) in [6.07, 6.45) is 0. The van der Waals surface area contributed by atoms with E-state index in [1.54, 1.807) is 13.8 Å². The molecule has 0 bridgehead atoms. The van der Waals surface area contributed by atoms with Crippen LogP contribution in [0.15, 0.2) is 22.7 Å². The number of aryl methyl sites for hydroxylation is 2. The van der Waals surface area contributed by atoms with Crippen LogP contribution in [-0.2, 0) is 5.41 Å². The summed E-state index contributed by atoms with van der Waals surface area (Å²) in [6, 6.07) is 5.61. The lowest BCUT2D eigenvalue weighted by Gasteiger charge is -2.13. The van der Waals surface area contributed by atoms with Crippen LogP contribution in [0.1, 0.15) is 48.4 Å². The van der Waals surface area contributed by atoms with Crippen molar-refractivity contribution >= 4 is 22.6 Å². The minimum absolute atomic E-state index is 0.0564. The maximum atomic E-state index is 12.4. The summed E-state index contributed by atoms with van der Waals surface area (Å²) in [5, 5.41) is 6.69. The number of carbonyl (C=O) groups excluding carboxylic acids is 1. The summed E-state index contributed by atoms with van der Waals surface area (Å²) in [4.78, 5) is 20.3. The highest BCUT2D eigenvalue weighted by atomic mass is 16.5. The number of nitrogens with zero attached hydrogens (tertiary/aromatic N) is 2. The second-order valence-electron chi connectivity index (χ2n) is 6.72. The van der Waals surface area contributed by atoms with Crippen molar-refractivity contribution in [3.05, 3.63) is 41.0 Å². The number of carbonyl (C=O) groups is 1. The van der Waals surface area contributed by atoms with Crippen molar-refractivity contribution < 1.29 is 9.32 Å². The number of benzene rings is 1. The summed E-state index contributed by atoms with van der Waals surface area (Å²) in [5.74, 6) is 1.20. The number of nitrogens with one attached hydrogen (secondary N) is 2. The Kier molecular flexibility index (Phi) is 3.47. The minimum Gasteiger partial charge on any atom is -0.361 e. The fourth-order valence-corrected chi connectivity index (χ4v) is 2.44. The van der Waals surface area contributed by atoms with Gasteiger partial charge >= 0.3 is 0 Å². The van der Waals surface area contributed by atoms with E-state index in [1.165, 1.54) is 0 Å². The molecule has 2 heterocycles. The average Bonchev–Trinajstić information content (AvgIpc) is 3.01. The summed E-state index contributed by atoms with van der Waals surface area (Å²) in [6.45, 7) is 9.78.